The third kappa shape index (κ3) is 2.45. The molecule has 154 valence electrons. The van der Waals surface area contributed by atoms with Crippen LogP contribution in [0.5, 0.6) is 0 Å². The number of aryl methyl sites for hydroxylation is 2. The van der Waals surface area contributed by atoms with E-state index >= 15 is 0 Å². The number of nitrogens with zero attached hydrogens (tertiary/aromatic N) is 4. The van der Waals surface area contributed by atoms with Gasteiger partial charge in [-0.15, -0.1) is 11.3 Å². The number of fused-ring (bicyclic) bond motifs is 3. The molecule has 0 unspecified atom stereocenters. The van der Waals surface area contributed by atoms with Crippen LogP contribution < -0.4 is 11.2 Å². The van der Waals surface area contributed by atoms with Crippen LogP contribution in [0.25, 0.3) is 22.2 Å². The zero-order chi connectivity index (χ0) is 21.4. The quantitative estimate of drug-likeness (QED) is 0.497. The Labute approximate surface area is 178 Å². The highest BCUT2D eigenvalue weighted by Gasteiger charge is 2.46. The standard InChI is InChI=1S/C23H24N4O2S/c1-13-11-30-20(24-13)16-19-18-15(21(28)26(5)22(29)25(18)4)17(14-9-7-6-8-10-14)27(19)12-23(16,2)3/h6-11,16H,12H2,1-5H3/t16-/m1/s1. The Bertz CT molecular complexity index is 1420. The number of hydrogen-bond donors (Lipinski definition) is 0. The third-order valence-corrected chi connectivity index (χ3v) is 7.28. The Morgan fingerprint density at radius 1 is 1.10 bits per heavy atom. The van der Waals surface area contributed by atoms with Gasteiger partial charge in [-0.1, -0.05) is 44.2 Å². The lowest BCUT2D eigenvalue weighted by Crippen LogP contribution is -2.37. The topological polar surface area (TPSA) is 61.8 Å². The van der Waals surface area contributed by atoms with Crippen LogP contribution >= 0.6 is 11.3 Å². The maximum Gasteiger partial charge on any atom is 0.331 e. The van der Waals surface area contributed by atoms with Gasteiger partial charge >= 0.3 is 5.69 Å². The first-order valence-electron chi connectivity index (χ1n) is 10.0. The molecule has 3 aromatic heterocycles. The predicted octanol–water partition coefficient (Wildman–Crippen LogP) is 3.64. The fourth-order valence-electron chi connectivity index (χ4n) is 4.92. The molecule has 0 saturated heterocycles. The molecular weight excluding hydrogens is 396 g/mol. The molecule has 1 aromatic carbocycles. The van der Waals surface area contributed by atoms with Crippen LogP contribution in [0.4, 0.5) is 0 Å². The molecule has 4 heterocycles. The summed E-state index contributed by atoms with van der Waals surface area (Å²) in [6, 6.07) is 9.99. The summed E-state index contributed by atoms with van der Waals surface area (Å²) < 4.78 is 5.09. The van der Waals surface area contributed by atoms with Gasteiger partial charge in [0.15, 0.2) is 0 Å². The SMILES string of the molecule is Cc1csc([C@H]2c3c4c(c(-c5ccccc5)n3CC2(C)C)c(=O)n(C)c(=O)n4C)n1. The van der Waals surface area contributed by atoms with Crippen molar-refractivity contribution in [2.75, 3.05) is 0 Å². The van der Waals surface area contributed by atoms with Gasteiger partial charge in [-0.3, -0.25) is 13.9 Å². The van der Waals surface area contributed by atoms with Crippen LogP contribution in [-0.2, 0) is 20.6 Å². The van der Waals surface area contributed by atoms with Crippen LogP contribution in [0, 0.1) is 12.3 Å². The molecule has 0 bridgehead atoms. The highest BCUT2D eigenvalue weighted by atomic mass is 32.1. The van der Waals surface area contributed by atoms with Crippen LogP contribution in [0.1, 0.15) is 36.2 Å². The minimum Gasteiger partial charge on any atom is -0.341 e. The minimum absolute atomic E-state index is 0.00821. The molecule has 6 nitrogen and oxygen atoms in total. The van der Waals surface area contributed by atoms with Crippen molar-refractivity contribution in [2.24, 2.45) is 19.5 Å². The van der Waals surface area contributed by atoms with E-state index in [0.29, 0.717) is 5.39 Å². The van der Waals surface area contributed by atoms with Crippen molar-refractivity contribution >= 4 is 22.2 Å². The second-order valence-electron chi connectivity index (χ2n) is 8.86. The largest absolute Gasteiger partial charge is 0.341 e. The van der Waals surface area contributed by atoms with E-state index < -0.39 is 0 Å². The smallest absolute Gasteiger partial charge is 0.331 e. The molecule has 0 aliphatic carbocycles. The molecule has 1 aliphatic heterocycles. The van der Waals surface area contributed by atoms with Gasteiger partial charge < -0.3 is 4.57 Å². The molecule has 0 N–H and O–H groups in total. The lowest BCUT2D eigenvalue weighted by molar-refractivity contribution is 0.323. The van der Waals surface area contributed by atoms with Gasteiger partial charge in [0, 0.05) is 31.7 Å². The molecule has 30 heavy (non-hydrogen) atoms. The Balaban J connectivity index is 1.99. The molecule has 0 radical (unpaired) electrons. The van der Waals surface area contributed by atoms with Gasteiger partial charge in [0.1, 0.15) is 5.01 Å². The molecule has 0 spiro atoms. The molecule has 0 saturated carbocycles. The van der Waals surface area contributed by atoms with Crippen LogP contribution in [0.3, 0.4) is 0 Å². The highest BCUT2D eigenvalue weighted by molar-refractivity contribution is 7.09. The molecule has 5 rings (SSSR count). The first kappa shape index (κ1) is 19.1. The van der Waals surface area contributed by atoms with E-state index in [0.717, 1.165) is 39.7 Å². The second kappa shape index (κ2) is 6.28. The van der Waals surface area contributed by atoms with Gasteiger partial charge in [-0.25, -0.2) is 9.78 Å². The third-order valence-electron chi connectivity index (χ3n) is 6.26. The van der Waals surface area contributed by atoms with E-state index in [1.54, 1.807) is 30.0 Å². The maximum absolute atomic E-state index is 13.3. The molecular formula is C23H24N4O2S. The first-order chi connectivity index (χ1) is 14.2. The van der Waals surface area contributed by atoms with Crippen molar-refractivity contribution in [3.05, 3.63) is 72.9 Å². The van der Waals surface area contributed by atoms with E-state index in [2.05, 4.69) is 23.8 Å². The summed E-state index contributed by atoms with van der Waals surface area (Å²) in [4.78, 5) is 31.0. The van der Waals surface area contributed by atoms with E-state index in [-0.39, 0.29) is 22.6 Å². The Morgan fingerprint density at radius 2 is 1.80 bits per heavy atom. The Morgan fingerprint density at radius 3 is 2.43 bits per heavy atom. The zero-order valence-electron chi connectivity index (χ0n) is 17.8. The van der Waals surface area contributed by atoms with E-state index in [9.17, 15) is 9.59 Å². The highest BCUT2D eigenvalue weighted by Crippen LogP contribution is 2.53. The first-order valence-corrected chi connectivity index (χ1v) is 10.9. The van der Waals surface area contributed by atoms with Crippen molar-refractivity contribution in [1.29, 1.82) is 0 Å². The van der Waals surface area contributed by atoms with Gasteiger partial charge in [-0.05, 0) is 17.9 Å². The molecule has 0 amide bonds. The second-order valence-corrected chi connectivity index (χ2v) is 9.75. The average Bonchev–Trinajstić information content (AvgIpc) is 3.34. The van der Waals surface area contributed by atoms with Crippen molar-refractivity contribution in [3.63, 3.8) is 0 Å². The minimum atomic E-state index is -0.306. The summed E-state index contributed by atoms with van der Waals surface area (Å²) in [6.45, 7) is 7.23. The fourth-order valence-corrected chi connectivity index (χ4v) is 6.03. The summed E-state index contributed by atoms with van der Waals surface area (Å²) in [6.07, 6.45) is 0. The maximum atomic E-state index is 13.3. The van der Waals surface area contributed by atoms with Crippen LogP contribution in [0.15, 0.2) is 45.3 Å². The number of benzene rings is 1. The summed E-state index contributed by atoms with van der Waals surface area (Å²) in [7, 11) is 3.31. The van der Waals surface area contributed by atoms with Crippen molar-refractivity contribution < 1.29 is 0 Å². The molecule has 7 heteroatoms. The van der Waals surface area contributed by atoms with E-state index in [1.807, 2.05) is 37.3 Å². The lowest BCUT2D eigenvalue weighted by Gasteiger charge is -2.25. The predicted molar refractivity (Wildman–Crippen MR) is 120 cm³/mol. The lowest BCUT2D eigenvalue weighted by atomic mass is 9.79. The molecule has 4 aromatic rings. The van der Waals surface area contributed by atoms with Gasteiger partial charge in [0.05, 0.1) is 28.2 Å². The van der Waals surface area contributed by atoms with Crippen molar-refractivity contribution in [1.82, 2.24) is 18.7 Å². The Kier molecular flexibility index (Phi) is 3.99. The summed E-state index contributed by atoms with van der Waals surface area (Å²) in [5.74, 6) is 0.00821. The Hall–Kier alpha value is -2.93. The van der Waals surface area contributed by atoms with E-state index in [4.69, 9.17) is 4.98 Å². The average molecular weight is 421 g/mol. The number of thiazole rings is 1. The van der Waals surface area contributed by atoms with E-state index in [1.165, 1.54) is 4.57 Å². The van der Waals surface area contributed by atoms with Crippen LogP contribution in [0.2, 0.25) is 0 Å². The van der Waals surface area contributed by atoms with Gasteiger partial charge in [-0.2, -0.15) is 0 Å². The summed E-state index contributed by atoms with van der Waals surface area (Å²) in [5.41, 5.74) is 3.95. The zero-order valence-corrected chi connectivity index (χ0v) is 18.6. The molecule has 0 fully saturated rings. The summed E-state index contributed by atoms with van der Waals surface area (Å²) in [5, 5.41) is 3.70. The monoisotopic (exact) mass is 420 g/mol. The van der Waals surface area contributed by atoms with Crippen molar-refractivity contribution in [3.8, 4) is 11.3 Å². The molecule has 1 atom stereocenters. The number of aromatic nitrogens is 4. The van der Waals surface area contributed by atoms with Gasteiger partial charge in [0.2, 0.25) is 0 Å². The normalized spacial score (nSPS) is 17.6. The van der Waals surface area contributed by atoms with Crippen LogP contribution in [-0.4, -0.2) is 18.7 Å². The molecule has 1 aliphatic rings. The number of rotatable bonds is 2. The fraction of sp³-hybridized carbons (Fsp3) is 0.348. The summed E-state index contributed by atoms with van der Waals surface area (Å²) >= 11 is 1.65. The number of hydrogen-bond acceptors (Lipinski definition) is 4. The van der Waals surface area contributed by atoms with Gasteiger partial charge in [0.25, 0.3) is 5.56 Å². The van der Waals surface area contributed by atoms with Crippen molar-refractivity contribution in [2.45, 2.75) is 33.2 Å².